The summed E-state index contributed by atoms with van der Waals surface area (Å²) >= 11 is 0. The summed E-state index contributed by atoms with van der Waals surface area (Å²) in [7, 11) is 0. The number of aromatic nitrogens is 1. The van der Waals surface area contributed by atoms with Crippen LogP contribution >= 0.6 is 0 Å². The highest BCUT2D eigenvalue weighted by Gasteiger charge is 1.98. The highest BCUT2D eigenvalue weighted by atomic mass is 14.8. The van der Waals surface area contributed by atoms with Crippen LogP contribution in [0.1, 0.15) is 12.5 Å². The SMILES string of the molecule is C/C=C\c1c(N)ccnc1N. The summed E-state index contributed by atoms with van der Waals surface area (Å²) in [5.74, 6) is 0.475. The van der Waals surface area contributed by atoms with Crippen molar-refractivity contribution in [2.75, 3.05) is 11.5 Å². The number of rotatable bonds is 1. The van der Waals surface area contributed by atoms with Gasteiger partial charge in [0.05, 0.1) is 0 Å². The van der Waals surface area contributed by atoms with Crippen molar-refractivity contribution < 1.29 is 0 Å². The van der Waals surface area contributed by atoms with Crippen LogP contribution in [0.15, 0.2) is 18.3 Å². The Kier molecular flexibility index (Phi) is 2.11. The average Bonchev–Trinajstić information content (AvgIpc) is 1.97. The van der Waals surface area contributed by atoms with Crippen molar-refractivity contribution >= 4 is 17.6 Å². The fourth-order valence-corrected chi connectivity index (χ4v) is 0.853. The maximum Gasteiger partial charge on any atom is 0.132 e. The monoisotopic (exact) mass is 149 g/mol. The first-order valence-electron chi connectivity index (χ1n) is 3.38. The predicted octanol–water partition coefficient (Wildman–Crippen LogP) is 1.28. The molecule has 1 aromatic heterocycles. The molecule has 0 aliphatic rings. The van der Waals surface area contributed by atoms with E-state index in [1.807, 2.05) is 19.1 Å². The van der Waals surface area contributed by atoms with Gasteiger partial charge in [-0.2, -0.15) is 0 Å². The van der Waals surface area contributed by atoms with Gasteiger partial charge in [-0.05, 0) is 13.0 Å². The zero-order valence-electron chi connectivity index (χ0n) is 6.41. The lowest BCUT2D eigenvalue weighted by Gasteiger charge is -2.01. The first-order chi connectivity index (χ1) is 5.25. The first-order valence-corrected chi connectivity index (χ1v) is 3.38. The van der Waals surface area contributed by atoms with Crippen molar-refractivity contribution in [3.8, 4) is 0 Å². The molecule has 0 saturated heterocycles. The maximum atomic E-state index is 5.64. The smallest absolute Gasteiger partial charge is 0.132 e. The molecule has 0 spiro atoms. The molecule has 0 aromatic carbocycles. The molecule has 0 radical (unpaired) electrons. The van der Waals surface area contributed by atoms with Crippen molar-refractivity contribution in [3.63, 3.8) is 0 Å². The molecular formula is C8H11N3. The van der Waals surface area contributed by atoms with Gasteiger partial charge in [0.15, 0.2) is 0 Å². The lowest BCUT2D eigenvalue weighted by molar-refractivity contribution is 1.33. The fraction of sp³-hybridized carbons (Fsp3) is 0.125. The van der Waals surface area contributed by atoms with Crippen LogP contribution in [0.2, 0.25) is 0 Å². The molecule has 0 aliphatic carbocycles. The Labute approximate surface area is 65.7 Å². The number of nitrogens with two attached hydrogens (primary N) is 2. The van der Waals surface area contributed by atoms with Gasteiger partial charge in [0.25, 0.3) is 0 Å². The van der Waals surface area contributed by atoms with Crippen molar-refractivity contribution in [1.82, 2.24) is 4.98 Å². The normalized spacial score (nSPS) is 10.6. The van der Waals surface area contributed by atoms with E-state index in [4.69, 9.17) is 11.5 Å². The molecule has 0 saturated carbocycles. The van der Waals surface area contributed by atoms with Gasteiger partial charge >= 0.3 is 0 Å². The van der Waals surface area contributed by atoms with Gasteiger partial charge in [0.2, 0.25) is 0 Å². The lowest BCUT2D eigenvalue weighted by Crippen LogP contribution is -1.97. The lowest BCUT2D eigenvalue weighted by atomic mass is 10.2. The Morgan fingerprint density at radius 2 is 2.18 bits per heavy atom. The van der Waals surface area contributed by atoms with Crippen molar-refractivity contribution in [3.05, 3.63) is 23.9 Å². The summed E-state index contributed by atoms with van der Waals surface area (Å²) < 4.78 is 0. The number of nitrogens with zero attached hydrogens (tertiary/aromatic N) is 1. The number of pyridine rings is 1. The Hall–Kier alpha value is -1.51. The minimum Gasteiger partial charge on any atom is -0.398 e. The van der Waals surface area contributed by atoms with E-state index in [0.29, 0.717) is 11.5 Å². The zero-order valence-corrected chi connectivity index (χ0v) is 6.41. The van der Waals surface area contributed by atoms with Crippen LogP contribution in [0.4, 0.5) is 11.5 Å². The molecule has 58 valence electrons. The van der Waals surface area contributed by atoms with Crippen LogP contribution in [-0.4, -0.2) is 4.98 Å². The maximum absolute atomic E-state index is 5.64. The standard InChI is InChI=1S/C8H11N3/c1-2-3-6-7(9)4-5-11-8(6)10/h2-5H,1H3,(H4,9,10,11)/b3-2-. The average molecular weight is 149 g/mol. The zero-order chi connectivity index (χ0) is 8.27. The summed E-state index contributed by atoms with van der Waals surface area (Å²) in [5.41, 5.74) is 12.7. The molecule has 11 heavy (non-hydrogen) atoms. The molecule has 3 nitrogen and oxygen atoms in total. The fourth-order valence-electron chi connectivity index (χ4n) is 0.853. The second-order valence-corrected chi connectivity index (χ2v) is 2.20. The largest absolute Gasteiger partial charge is 0.398 e. The molecule has 1 heterocycles. The van der Waals surface area contributed by atoms with E-state index in [1.54, 1.807) is 12.3 Å². The van der Waals surface area contributed by atoms with Crippen LogP contribution in [0.3, 0.4) is 0 Å². The molecule has 0 amide bonds. The Morgan fingerprint density at radius 1 is 1.45 bits per heavy atom. The first kappa shape index (κ1) is 7.60. The van der Waals surface area contributed by atoms with E-state index in [1.165, 1.54) is 0 Å². The molecule has 0 bridgehead atoms. The van der Waals surface area contributed by atoms with E-state index in [9.17, 15) is 0 Å². The second kappa shape index (κ2) is 3.05. The minimum atomic E-state index is 0.475. The number of allylic oxidation sites excluding steroid dienone is 1. The highest BCUT2D eigenvalue weighted by molar-refractivity contribution is 5.72. The third-order valence-corrected chi connectivity index (χ3v) is 1.39. The number of anilines is 2. The van der Waals surface area contributed by atoms with Crippen molar-refractivity contribution in [2.45, 2.75) is 6.92 Å². The van der Waals surface area contributed by atoms with E-state index < -0.39 is 0 Å². The summed E-state index contributed by atoms with van der Waals surface area (Å²) in [6, 6.07) is 1.73. The quantitative estimate of drug-likeness (QED) is 0.632. The third-order valence-electron chi connectivity index (χ3n) is 1.39. The number of hydrogen-bond donors (Lipinski definition) is 2. The van der Waals surface area contributed by atoms with E-state index in [-0.39, 0.29) is 0 Å². The molecule has 0 fully saturated rings. The number of hydrogen-bond acceptors (Lipinski definition) is 3. The van der Waals surface area contributed by atoms with Gasteiger partial charge in [-0.1, -0.05) is 12.2 Å². The van der Waals surface area contributed by atoms with Gasteiger partial charge in [0.1, 0.15) is 5.82 Å². The van der Waals surface area contributed by atoms with E-state index in [2.05, 4.69) is 4.98 Å². The van der Waals surface area contributed by atoms with Gasteiger partial charge in [0, 0.05) is 17.4 Å². The predicted molar refractivity (Wildman–Crippen MR) is 47.8 cm³/mol. The second-order valence-electron chi connectivity index (χ2n) is 2.20. The molecule has 0 aliphatic heterocycles. The van der Waals surface area contributed by atoms with Gasteiger partial charge in [-0.25, -0.2) is 4.98 Å². The third kappa shape index (κ3) is 1.49. The van der Waals surface area contributed by atoms with Gasteiger partial charge < -0.3 is 11.5 Å². The summed E-state index contributed by atoms with van der Waals surface area (Å²) in [6.07, 6.45) is 5.32. The van der Waals surface area contributed by atoms with Crippen LogP contribution in [0.5, 0.6) is 0 Å². The summed E-state index contributed by atoms with van der Waals surface area (Å²) in [4.78, 5) is 3.91. The van der Waals surface area contributed by atoms with Crippen molar-refractivity contribution in [1.29, 1.82) is 0 Å². The molecule has 4 N–H and O–H groups in total. The molecule has 0 unspecified atom stereocenters. The number of nitrogen functional groups attached to an aromatic ring is 2. The minimum absolute atomic E-state index is 0.475. The van der Waals surface area contributed by atoms with Crippen LogP contribution in [0, 0.1) is 0 Å². The Morgan fingerprint density at radius 3 is 2.73 bits per heavy atom. The van der Waals surface area contributed by atoms with E-state index in [0.717, 1.165) is 5.56 Å². The van der Waals surface area contributed by atoms with Crippen LogP contribution < -0.4 is 11.5 Å². The highest BCUT2D eigenvalue weighted by Crippen LogP contribution is 2.17. The molecular weight excluding hydrogens is 138 g/mol. The Balaban J connectivity index is 3.20. The summed E-state index contributed by atoms with van der Waals surface area (Å²) in [5, 5.41) is 0. The van der Waals surface area contributed by atoms with Gasteiger partial charge in [-0.15, -0.1) is 0 Å². The summed E-state index contributed by atoms with van der Waals surface area (Å²) in [6.45, 7) is 1.91. The Bertz CT molecular complexity index is 258. The van der Waals surface area contributed by atoms with Crippen molar-refractivity contribution in [2.24, 2.45) is 0 Å². The molecule has 3 heteroatoms. The molecule has 1 rings (SSSR count). The topological polar surface area (TPSA) is 64.9 Å². The van der Waals surface area contributed by atoms with E-state index >= 15 is 0 Å². The van der Waals surface area contributed by atoms with Crippen LogP contribution in [-0.2, 0) is 0 Å². The van der Waals surface area contributed by atoms with Gasteiger partial charge in [-0.3, -0.25) is 0 Å². The molecule has 1 aromatic rings. The van der Waals surface area contributed by atoms with Crippen LogP contribution in [0.25, 0.3) is 6.08 Å². The molecule has 0 atom stereocenters.